The van der Waals surface area contributed by atoms with E-state index in [0.717, 1.165) is 32.1 Å². The first kappa shape index (κ1) is 17.5. The number of amides is 2. The topological polar surface area (TPSA) is 117 Å². The first-order valence-electron chi connectivity index (χ1n) is 9.43. The van der Waals surface area contributed by atoms with E-state index in [4.69, 9.17) is 5.73 Å². The molecule has 142 valence electrons. The van der Waals surface area contributed by atoms with E-state index in [1.807, 2.05) is 0 Å². The SMILES string of the molecule is C[C@@H]1CC[C@@H](C2=CCCC2)N(C(=O)C(=O)Nc2cnc(N)c3cn[nH]c23)C1. The van der Waals surface area contributed by atoms with Crippen LogP contribution < -0.4 is 11.1 Å². The molecule has 1 aliphatic carbocycles. The molecule has 0 radical (unpaired) electrons. The Balaban J connectivity index is 1.55. The number of H-pyrrole nitrogens is 1. The van der Waals surface area contributed by atoms with Gasteiger partial charge in [0, 0.05) is 6.54 Å². The van der Waals surface area contributed by atoms with Gasteiger partial charge in [-0.05, 0) is 38.0 Å². The van der Waals surface area contributed by atoms with Crippen LogP contribution in [0.5, 0.6) is 0 Å². The number of nitrogen functional groups attached to an aromatic ring is 1. The molecule has 2 amide bonds. The van der Waals surface area contributed by atoms with Crippen molar-refractivity contribution in [3.63, 3.8) is 0 Å². The number of fused-ring (bicyclic) bond motifs is 1. The Labute approximate surface area is 157 Å². The van der Waals surface area contributed by atoms with E-state index in [1.165, 1.54) is 11.8 Å². The molecule has 0 aromatic carbocycles. The zero-order valence-electron chi connectivity index (χ0n) is 15.4. The van der Waals surface area contributed by atoms with Gasteiger partial charge in [-0.2, -0.15) is 5.10 Å². The van der Waals surface area contributed by atoms with Gasteiger partial charge in [-0.25, -0.2) is 4.98 Å². The van der Waals surface area contributed by atoms with Gasteiger partial charge in [0.1, 0.15) is 5.82 Å². The van der Waals surface area contributed by atoms with Crippen LogP contribution in [0.15, 0.2) is 24.0 Å². The van der Waals surface area contributed by atoms with Gasteiger partial charge >= 0.3 is 11.8 Å². The number of aromatic amines is 1. The number of piperidine rings is 1. The Morgan fingerprint density at radius 2 is 2.19 bits per heavy atom. The fourth-order valence-electron chi connectivity index (χ4n) is 4.12. The molecule has 4 N–H and O–H groups in total. The highest BCUT2D eigenvalue weighted by atomic mass is 16.2. The molecule has 1 saturated heterocycles. The molecule has 27 heavy (non-hydrogen) atoms. The first-order chi connectivity index (χ1) is 13.0. The van der Waals surface area contributed by atoms with E-state index < -0.39 is 11.8 Å². The van der Waals surface area contributed by atoms with E-state index in [0.29, 0.717) is 34.9 Å². The van der Waals surface area contributed by atoms with Gasteiger partial charge in [0.05, 0.1) is 35.0 Å². The molecule has 2 aromatic heterocycles. The number of aromatic nitrogens is 3. The Hall–Kier alpha value is -2.90. The molecule has 2 atom stereocenters. The second-order valence-corrected chi connectivity index (χ2v) is 7.50. The minimum Gasteiger partial charge on any atom is -0.383 e. The molecule has 4 rings (SSSR count). The smallest absolute Gasteiger partial charge is 0.314 e. The van der Waals surface area contributed by atoms with Crippen LogP contribution in [0.4, 0.5) is 11.5 Å². The minimum absolute atomic E-state index is 0.0404. The lowest BCUT2D eigenvalue weighted by Crippen LogP contribution is -2.51. The summed E-state index contributed by atoms with van der Waals surface area (Å²) in [4.78, 5) is 31.5. The summed E-state index contributed by atoms with van der Waals surface area (Å²) in [7, 11) is 0. The number of hydrogen-bond donors (Lipinski definition) is 3. The fourth-order valence-corrected chi connectivity index (χ4v) is 4.12. The molecule has 2 aromatic rings. The van der Waals surface area contributed by atoms with E-state index in [1.54, 1.807) is 11.1 Å². The summed E-state index contributed by atoms with van der Waals surface area (Å²) in [6.45, 7) is 2.73. The largest absolute Gasteiger partial charge is 0.383 e. The van der Waals surface area contributed by atoms with Gasteiger partial charge < -0.3 is 16.0 Å². The monoisotopic (exact) mass is 368 g/mol. The summed E-state index contributed by atoms with van der Waals surface area (Å²) in [5, 5.41) is 10.0. The quantitative estimate of drug-likeness (QED) is 0.555. The van der Waals surface area contributed by atoms with Crippen molar-refractivity contribution in [3.8, 4) is 0 Å². The lowest BCUT2D eigenvalue weighted by Gasteiger charge is -2.39. The Morgan fingerprint density at radius 3 is 2.96 bits per heavy atom. The summed E-state index contributed by atoms with van der Waals surface area (Å²) in [5.41, 5.74) is 8.07. The van der Waals surface area contributed by atoms with Gasteiger partial charge in [0.2, 0.25) is 0 Å². The van der Waals surface area contributed by atoms with E-state index in [-0.39, 0.29) is 6.04 Å². The average Bonchev–Trinajstić information content (AvgIpc) is 3.35. The van der Waals surface area contributed by atoms with Crippen molar-refractivity contribution in [3.05, 3.63) is 24.0 Å². The highest BCUT2D eigenvalue weighted by Gasteiger charge is 2.35. The maximum absolute atomic E-state index is 13.0. The average molecular weight is 368 g/mol. The zero-order valence-corrected chi connectivity index (χ0v) is 15.4. The second kappa shape index (κ2) is 7.02. The number of pyridine rings is 1. The summed E-state index contributed by atoms with van der Waals surface area (Å²) in [6, 6.07) is 0.0404. The van der Waals surface area contributed by atoms with Crippen molar-refractivity contribution in [1.82, 2.24) is 20.1 Å². The van der Waals surface area contributed by atoms with E-state index in [2.05, 4.69) is 33.5 Å². The fraction of sp³-hybridized carbons (Fsp3) is 0.474. The van der Waals surface area contributed by atoms with Crippen LogP contribution in [0.2, 0.25) is 0 Å². The third kappa shape index (κ3) is 3.27. The van der Waals surface area contributed by atoms with E-state index >= 15 is 0 Å². The molecule has 0 unspecified atom stereocenters. The Morgan fingerprint density at radius 1 is 1.33 bits per heavy atom. The maximum atomic E-state index is 13.0. The lowest BCUT2D eigenvalue weighted by molar-refractivity contribution is -0.145. The van der Waals surface area contributed by atoms with Gasteiger partial charge in [-0.1, -0.05) is 18.6 Å². The molecule has 8 nitrogen and oxygen atoms in total. The Bertz CT molecular complexity index is 918. The molecule has 0 saturated carbocycles. The highest BCUT2D eigenvalue weighted by Crippen LogP contribution is 2.32. The number of carbonyl (C=O) groups excluding carboxylic acids is 2. The van der Waals surface area contributed by atoms with Crippen LogP contribution in [0.3, 0.4) is 0 Å². The van der Waals surface area contributed by atoms with Gasteiger partial charge in [-0.15, -0.1) is 0 Å². The van der Waals surface area contributed by atoms with Crippen molar-refractivity contribution >= 4 is 34.2 Å². The predicted octanol–water partition coefficient (Wildman–Crippen LogP) is 2.22. The summed E-state index contributed by atoms with van der Waals surface area (Å²) >= 11 is 0. The van der Waals surface area contributed by atoms with Crippen molar-refractivity contribution in [1.29, 1.82) is 0 Å². The number of nitrogens with zero attached hydrogens (tertiary/aromatic N) is 3. The number of nitrogens with two attached hydrogens (primary N) is 1. The molecule has 0 bridgehead atoms. The van der Waals surface area contributed by atoms with Gasteiger partial charge in [0.25, 0.3) is 0 Å². The number of carbonyl (C=O) groups is 2. The van der Waals surface area contributed by atoms with Crippen molar-refractivity contribution in [2.24, 2.45) is 5.92 Å². The van der Waals surface area contributed by atoms with Crippen LogP contribution in [0.1, 0.15) is 39.0 Å². The maximum Gasteiger partial charge on any atom is 0.314 e. The van der Waals surface area contributed by atoms with Crippen molar-refractivity contribution in [2.45, 2.75) is 45.1 Å². The van der Waals surface area contributed by atoms with Gasteiger partial charge in [0.15, 0.2) is 0 Å². The molecular weight excluding hydrogens is 344 g/mol. The molecule has 2 aliphatic rings. The minimum atomic E-state index is -0.657. The molecule has 0 spiro atoms. The summed E-state index contributed by atoms with van der Waals surface area (Å²) in [5.74, 6) is -0.447. The predicted molar refractivity (Wildman–Crippen MR) is 103 cm³/mol. The number of nitrogens with one attached hydrogen (secondary N) is 2. The zero-order chi connectivity index (χ0) is 19.0. The van der Waals surface area contributed by atoms with Crippen molar-refractivity contribution in [2.75, 3.05) is 17.6 Å². The molecule has 3 heterocycles. The first-order valence-corrected chi connectivity index (χ1v) is 9.43. The second-order valence-electron chi connectivity index (χ2n) is 7.50. The number of likely N-dealkylation sites (tertiary alicyclic amines) is 1. The lowest BCUT2D eigenvalue weighted by atomic mass is 9.89. The standard InChI is InChI=1S/C19H24N6O2/c1-11-6-7-15(12-4-2-3-5-12)25(10-11)19(27)18(26)23-14-9-21-17(20)13-8-22-24-16(13)14/h4,8-9,11,15H,2-3,5-7,10H2,1H3,(H2,20,21)(H,22,24)(H,23,26)/t11-,15+/m1/s1. The van der Waals surface area contributed by atoms with E-state index in [9.17, 15) is 9.59 Å². The van der Waals surface area contributed by atoms with Crippen molar-refractivity contribution < 1.29 is 9.59 Å². The highest BCUT2D eigenvalue weighted by molar-refractivity contribution is 6.40. The molecule has 1 aliphatic heterocycles. The van der Waals surface area contributed by atoms with Crippen LogP contribution in [0.25, 0.3) is 10.9 Å². The third-order valence-corrected chi connectivity index (χ3v) is 5.54. The number of rotatable bonds is 2. The third-order valence-electron chi connectivity index (χ3n) is 5.54. The molecular formula is C19H24N6O2. The number of allylic oxidation sites excluding steroid dienone is 1. The normalized spacial score (nSPS) is 22.7. The molecule has 1 fully saturated rings. The Kier molecular flexibility index (Phi) is 4.55. The number of hydrogen-bond acceptors (Lipinski definition) is 5. The van der Waals surface area contributed by atoms with Crippen LogP contribution in [-0.2, 0) is 9.59 Å². The van der Waals surface area contributed by atoms with Crippen LogP contribution in [-0.4, -0.2) is 44.5 Å². The van der Waals surface area contributed by atoms with Crippen LogP contribution in [0, 0.1) is 5.92 Å². The number of anilines is 2. The summed E-state index contributed by atoms with van der Waals surface area (Å²) < 4.78 is 0. The molecule has 8 heteroatoms. The van der Waals surface area contributed by atoms with Gasteiger partial charge in [-0.3, -0.25) is 14.7 Å². The van der Waals surface area contributed by atoms with Crippen LogP contribution >= 0.6 is 0 Å². The summed E-state index contributed by atoms with van der Waals surface area (Å²) in [6.07, 6.45) is 10.4.